The van der Waals surface area contributed by atoms with Crippen LogP contribution < -0.4 is 5.48 Å². The molecule has 0 spiro atoms. The maximum absolute atomic E-state index is 11.1. The minimum Gasteiger partial charge on any atom is -0.479 e. The van der Waals surface area contributed by atoms with Crippen molar-refractivity contribution in [3.05, 3.63) is 0 Å². The van der Waals surface area contributed by atoms with Gasteiger partial charge in [0, 0.05) is 13.0 Å². The zero-order valence-corrected chi connectivity index (χ0v) is 16.3. The molecule has 4 unspecified atom stereocenters. The second-order valence-corrected chi connectivity index (χ2v) is 6.65. The maximum Gasteiger partial charge on any atom is 0.337 e. The number of carboxylic acids is 1. The molecule has 0 heterocycles. The highest BCUT2D eigenvalue weighted by molar-refractivity contribution is 5.73. The van der Waals surface area contributed by atoms with Crippen molar-refractivity contribution in [3.8, 4) is 0 Å². The van der Waals surface area contributed by atoms with Crippen LogP contribution >= 0.6 is 0 Å². The van der Waals surface area contributed by atoms with Gasteiger partial charge in [0.05, 0.1) is 13.2 Å². The van der Waals surface area contributed by atoms with E-state index in [1.54, 1.807) is 0 Å². The molecule has 0 saturated carbocycles. The number of nitrogens with one attached hydrogen (secondary N) is 1. The number of hydroxylamine groups is 1. The molecule has 0 aliphatic rings. The zero-order valence-electron chi connectivity index (χ0n) is 16.3. The first kappa shape index (κ1) is 25.7. The van der Waals surface area contributed by atoms with E-state index in [2.05, 4.69) is 10.2 Å². The van der Waals surface area contributed by atoms with Gasteiger partial charge in [-0.05, 0) is 19.8 Å². The Labute approximate surface area is 160 Å². The predicted octanol–water partition coefficient (Wildman–Crippen LogP) is 0.747. The Morgan fingerprint density at radius 1 is 0.889 bits per heavy atom. The SMILES string of the molecule is COC(=O)CCCCCCCCCCNOC(C(=O)O)C(O)C(O)C(C)O. The molecule has 27 heavy (non-hydrogen) atoms. The van der Waals surface area contributed by atoms with Gasteiger partial charge in [0.2, 0.25) is 6.10 Å². The monoisotopic (exact) mass is 393 g/mol. The number of unbranched alkanes of at least 4 members (excludes halogenated alkanes) is 7. The molecule has 0 fully saturated rings. The number of aliphatic carboxylic acids is 1. The number of esters is 1. The summed E-state index contributed by atoms with van der Waals surface area (Å²) >= 11 is 0. The highest BCUT2D eigenvalue weighted by atomic mass is 16.7. The molecule has 9 nitrogen and oxygen atoms in total. The number of carbonyl (C=O) groups is 2. The van der Waals surface area contributed by atoms with Crippen LogP contribution in [0.2, 0.25) is 0 Å². The van der Waals surface area contributed by atoms with Gasteiger partial charge >= 0.3 is 11.9 Å². The molecule has 0 saturated heterocycles. The number of carbonyl (C=O) groups excluding carboxylic acids is 1. The predicted molar refractivity (Wildman–Crippen MR) is 97.8 cm³/mol. The van der Waals surface area contributed by atoms with Gasteiger partial charge in [-0.2, -0.15) is 0 Å². The molecule has 0 rings (SSSR count). The van der Waals surface area contributed by atoms with Gasteiger partial charge in [0.15, 0.2) is 0 Å². The lowest BCUT2D eigenvalue weighted by Crippen LogP contribution is -2.49. The van der Waals surface area contributed by atoms with Crippen LogP contribution in [0, 0.1) is 0 Å². The van der Waals surface area contributed by atoms with Crippen LogP contribution in [0.25, 0.3) is 0 Å². The second-order valence-electron chi connectivity index (χ2n) is 6.65. The van der Waals surface area contributed by atoms with Gasteiger partial charge in [-0.15, -0.1) is 0 Å². The Hall–Kier alpha value is -1.26. The van der Waals surface area contributed by atoms with Crippen LogP contribution in [0.5, 0.6) is 0 Å². The minimum atomic E-state index is -1.74. The first-order valence-electron chi connectivity index (χ1n) is 9.53. The average Bonchev–Trinajstić information content (AvgIpc) is 2.63. The Balaban J connectivity index is 3.66. The highest BCUT2D eigenvalue weighted by Crippen LogP contribution is 2.10. The van der Waals surface area contributed by atoms with Gasteiger partial charge in [-0.1, -0.05) is 38.5 Å². The van der Waals surface area contributed by atoms with Gasteiger partial charge in [0.1, 0.15) is 12.2 Å². The number of aliphatic hydroxyl groups excluding tert-OH is 3. The van der Waals surface area contributed by atoms with Gasteiger partial charge in [0.25, 0.3) is 0 Å². The Kier molecular flexibility index (Phi) is 15.0. The maximum atomic E-state index is 11.1. The van der Waals surface area contributed by atoms with Crippen molar-refractivity contribution in [2.75, 3.05) is 13.7 Å². The standard InChI is InChI=1S/C18H35NO8/c1-13(20)15(22)16(23)17(18(24)25)27-19-12-10-8-6-4-3-5-7-9-11-14(21)26-2/h13,15-17,19-20,22-23H,3-12H2,1-2H3,(H,24,25). The van der Waals surface area contributed by atoms with Crippen molar-refractivity contribution in [1.82, 2.24) is 5.48 Å². The number of rotatable bonds is 17. The molecule has 9 heteroatoms. The first-order chi connectivity index (χ1) is 12.8. The lowest BCUT2D eigenvalue weighted by molar-refractivity contribution is -0.180. The fourth-order valence-electron chi connectivity index (χ4n) is 2.51. The van der Waals surface area contributed by atoms with Gasteiger partial charge < -0.3 is 25.2 Å². The molecule has 0 aromatic rings. The Bertz CT molecular complexity index is 405. The van der Waals surface area contributed by atoms with Crippen molar-refractivity contribution in [1.29, 1.82) is 0 Å². The minimum absolute atomic E-state index is 0.164. The number of methoxy groups -OCH3 is 1. The summed E-state index contributed by atoms with van der Waals surface area (Å²) in [7, 11) is 1.39. The molecule has 160 valence electrons. The molecular formula is C18H35NO8. The average molecular weight is 393 g/mol. The summed E-state index contributed by atoms with van der Waals surface area (Å²) in [6.07, 6.45) is 2.12. The second kappa shape index (κ2) is 15.8. The first-order valence-corrected chi connectivity index (χ1v) is 9.53. The number of ether oxygens (including phenoxy) is 1. The third-order valence-corrected chi connectivity index (χ3v) is 4.25. The summed E-state index contributed by atoms with van der Waals surface area (Å²) in [4.78, 5) is 27.0. The van der Waals surface area contributed by atoms with Crippen LogP contribution in [0.3, 0.4) is 0 Å². The zero-order chi connectivity index (χ0) is 20.7. The van der Waals surface area contributed by atoms with Crippen molar-refractivity contribution >= 4 is 11.9 Å². The van der Waals surface area contributed by atoms with Gasteiger partial charge in [-0.25, -0.2) is 10.3 Å². The summed E-state index contributed by atoms with van der Waals surface area (Å²) in [5.41, 5.74) is 2.50. The third-order valence-electron chi connectivity index (χ3n) is 4.25. The number of hydrogen-bond acceptors (Lipinski definition) is 8. The van der Waals surface area contributed by atoms with E-state index >= 15 is 0 Å². The number of hydrogen-bond donors (Lipinski definition) is 5. The van der Waals surface area contributed by atoms with Crippen LogP contribution in [0.4, 0.5) is 0 Å². The van der Waals surface area contributed by atoms with E-state index in [1.807, 2.05) is 0 Å². The molecule has 0 aliphatic carbocycles. The molecule has 0 amide bonds. The van der Waals surface area contributed by atoms with E-state index in [-0.39, 0.29) is 5.97 Å². The van der Waals surface area contributed by atoms with E-state index < -0.39 is 30.4 Å². The third kappa shape index (κ3) is 12.7. The molecule has 0 aromatic heterocycles. The summed E-state index contributed by atoms with van der Waals surface area (Å²) in [6.45, 7) is 1.67. The van der Waals surface area contributed by atoms with Crippen molar-refractivity contribution in [2.45, 2.75) is 89.1 Å². The molecule has 5 N–H and O–H groups in total. The Morgan fingerprint density at radius 3 is 1.89 bits per heavy atom. The quantitative estimate of drug-likeness (QED) is 0.137. The molecular weight excluding hydrogens is 358 g/mol. The number of aliphatic hydroxyl groups is 3. The van der Waals surface area contributed by atoms with Crippen LogP contribution in [0.15, 0.2) is 0 Å². The van der Waals surface area contributed by atoms with E-state index in [4.69, 9.17) is 9.94 Å². The molecule has 0 aliphatic heterocycles. The molecule has 0 aromatic carbocycles. The van der Waals surface area contributed by atoms with E-state index in [9.17, 15) is 24.9 Å². The normalized spacial score (nSPS) is 15.7. The lowest BCUT2D eigenvalue weighted by atomic mass is 10.0. The molecule has 0 radical (unpaired) electrons. The summed E-state index contributed by atoms with van der Waals surface area (Å²) in [6, 6.07) is 0. The van der Waals surface area contributed by atoms with Crippen LogP contribution in [-0.2, 0) is 19.2 Å². The lowest BCUT2D eigenvalue weighted by Gasteiger charge is -2.25. The highest BCUT2D eigenvalue weighted by Gasteiger charge is 2.35. The fourth-order valence-corrected chi connectivity index (χ4v) is 2.51. The van der Waals surface area contributed by atoms with Crippen LogP contribution in [0.1, 0.15) is 64.7 Å². The Morgan fingerprint density at radius 2 is 1.41 bits per heavy atom. The van der Waals surface area contributed by atoms with E-state index in [0.29, 0.717) is 13.0 Å². The van der Waals surface area contributed by atoms with E-state index in [1.165, 1.54) is 14.0 Å². The topological polar surface area (TPSA) is 146 Å². The smallest absolute Gasteiger partial charge is 0.337 e. The largest absolute Gasteiger partial charge is 0.479 e. The van der Waals surface area contributed by atoms with Crippen molar-refractivity contribution in [3.63, 3.8) is 0 Å². The summed E-state index contributed by atoms with van der Waals surface area (Å²) < 4.78 is 4.58. The summed E-state index contributed by atoms with van der Waals surface area (Å²) in [5.74, 6) is -1.59. The number of carboxylic acid groups (broad SMARTS) is 1. The van der Waals surface area contributed by atoms with Gasteiger partial charge in [-0.3, -0.25) is 9.63 Å². The van der Waals surface area contributed by atoms with Crippen molar-refractivity contribution in [2.24, 2.45) is 0 Å². The molecule has 4 atom stereocenters. The fraction of sp³-hybridized carbons (Fsp3) is 0.889. The van der Waals surface area contributed by atoms with Crippen LogP contribution in [-0.4, -0.2) is 70.4 Å². The summed E-state index contributed by atoms with van der Waals surface area (Å²) in [5, 5.41) is 37.5. The van der Waals surface area contributed by atoms with E-state index in [0.717, 1.165) is 51.4 Å². The van der Waals surface area contributed by atoms with Crippen molar-refractivity contribution < 1.29 is 39.6 Å². The molecule has 0 bridgehead atoms.